The molecule has 5 heterocycles. The highest BCUT2D eigenvalue weighted by molar-refractivity contribution is 6.37. The van der Waals surface area contributed by atoms with Crippen molar-refractivity contribution in [1.29, 1.82) is 5.26 Å². The van der Waals surface area contributed by atoms with Gasteiger partial charge in [0.1, 0.15) is 12.4 Å². The van der Waals surface area contributed by atoms with Gasteiger partial charge in [0.25, 0.3) is 5.91 Å². The first-order chi connectivity index (χ1) is 22.8. The van der Waals surface area contributed by atoms with Crippen molar-refractivity contribution in [2.75, 3.05) is 37.7 Å². The molecule has 3 aromatic carbocycles. The van der Waals surface area contributed by atoms with Crippen LogP contribution in [-0.4, -0.2) is 71.1 Å². The minimum Gasteiger partial charge on any atom is -0.475 e. The van der Waals surface area contributed by atoms with Gasteiger partial charge in [0, 0.05) is 23.9 Å². The fraction of sp³-hybridized carbons (Fsp3) is 0.378. The third-order valence-electron chi connectivity index (χ3n) is 10.9. The summed E-state index contributed by atoms with van der Waals surface area (Å²) in [6.07, 6.45) is 5.19. The van der Waals surface area contributed by atoms with Crippen molar-refractivity contribution in [2.24, 2.45) is 0 Å². The van der Waals surface area contributed by atoms with Gasteiger partial charge >= 0.3 is 0 Å². The topological polar surface area (TPSA) is 72.7 Å². The fourth-order valence-electron chi connectivity index (χ4n) is 8.62. The van der Waals surface area contributed by atoms with Crippen LogP contribution in [0, 0.1) is 17.1 Å². The number of hydrogen-bond acceptors (Lipinski definition) is 6. The summed E-state index contributed by atoms with van der Waals surface area (Å²) in [4.78, 5) is 24.0. The molecule has 0 N–H and O–H groups in total. The number of halogens is 3. The number of aromatic nitrogens is 1. The number of carbonyl (C=O) groups is 1. The summed E-state index contributed by atoms with van der Waals surface area (Å²) in [6.45, 7) is 6.79. The molecule has 0 saturated carbocycles. The average Bonchev–Trinajstić information content (AvgIpc) is 3.74. The monoisotopic (exact) mass is 653 g/mol. The number of pyridine rings is 1. The smallest absolute Gasteiger partial charge is 0.282 e. The van der Waals surface area contributed by atoms with Crippen LogP contribution in [0.25, 0.3) is 32.8 Å². The zero-order valence-corrected chi connectivity index (χ0v) is 26.7. The summed E-state index contributed by atoms with van der Waals surface area (Å²) in [6, 6.07) is 17.0. The van der Waals surface area contributed by atoms with E-state index >= 15 is 0 Å². The molecule has 4 fully saturated rings. The predicted octanol–water partition coefficient (Wildman–Crippen LogP) is 7.19. The van der Waals surface area contributed by atoms with Gasteiger partial charge in [-0.25, -0.2) is 13.8 Å². The molecule has 0 unspecified atom stereocenters. The van der Waals surface area contributed by atoms with Crippen molar-refractivity contribution < 1.29 is 18.3 Å². The van der Waals surface area contributed by atoms with Gasteiger partial charge in [-0.1, -0.05) is 54.6 Å². The largest absolute Gasteiger partial charge is 0.475 e. The zero-order chi connectivity index (χ0) is 32.4. The molecule has 7 nitrogen and oxygen atoms in total. The summed E-state index contributed by atoms with van der Waals surface area (Å²) in [7, 11) is 0. The summed E-state index contributed by atoms with van der Waals surface area (Å²) in [5.74, 6) is -1.66. The average molecular weight is 654 g/mol. The molecule has 4 saturated heterocycles. The Balaban J connectivity index is 1.26. The lowest BCUT2D eigenvalue weighted by atomic mass is 9.91. The van der Waals surface area contributed by atoms with Gasteiger partial charge in [-0.05, 0) is 73.8 Å². The van der Waals surface area contributed by atoms with Gasteiger partial charge in [-0.3, -0.25) is 9.69 Å². The second-order valence-corrected chi connectivity index (χ2v) is 13.6. The van der Waals surface area contributed by atoms with E-state index in [0.717, 1.165) is 71.9 Å². The van der Waals surface area contributed by atoms with Crippen molar-refractivity contribution in [3.8, 4) is 23.1 Å². The summed E-state index contributed by atoms with van der Waals surface area (Å²) < 4.78 is 35.2. The molecule has 0 aliphatic carbocycles. The van der Waals surface area contributed by atoms with Crippen molar-refractivity contribution in [3.63, 3.8) is 0 Å². The molecule has 0 radical (unpaired) electrons. The molecule has 1 aromatic heterocycles. The molecule has 1 amide bonds. The van der Waals surface area contributed by atoms with Crippen LogP contribution in [0.5, 0.6) is 5.88 Å². The number of nitriles is 1. The Bertz CT molecular complexity index is 2000. The molecular weight excluding hydrogens is 620 g/mol. The predicted molar refractivity (Wildman–Crippen MR) is 179 cm³/mol. The van der Waals surface area contributed by atoms with Gasteiger partial charge in [0.2, 0.25) is 5.88 Å². The molecular formula is C37H34ClF2N5O2. The molecule has 240 valence electrons. The second kappa shape index (κ2) is 11.5. The van der Waals surface area contributed by atoms with E-state index in [1.54, 1.807) is 11.0 Å². The number of amides is 1. The Hall–Kier alpha value is -4.26. The Morgan fingerprint density at radius 3 is 2.70 bits per heavy atom. The maximum Gasteiger partial charge on any atom is 0.282 e. The zero-order valence-electron chi connectivity index (χ0n) is 25.9. The summed E-state index contributed by atoms with van der Waals surface area (Å²) in [5, 5.41) is 12.4. The SMILES string of the molecule is C=C(F)C(=O)N1CC[C@@H]2[C@H]1CN2c1c(CC#N)c(OCC23CCCN2CCC3)nc2cc(-c3cccc4ccc(F)c(Cl)c34)ccc12. The number of rotatable bonds is 7. The quantitative estimate of drug-likeness (QED) is 0.197. The van der Waals surface area contributed by atoms with Gasteiger partial charge in [-0.15, -0.1) is 0 Å². The first-order valence-electron chi connectivity index (χ1n) is 16.3. The van der Waals surface area contributed by atoms with E-state index in [9.17, 15) is 18.8 Å². The summed E-state index contributed by atoms with van der Waals surface area (Å²) >= 11 is 6.52. The first kappa shape index (κ1) is 30.1. The Morgan fingerprint density at radius 1 is 1.13 bits per heavy atom. The van der Waals surface area contributed by atoms with E-state index in [-0.39, 0.29) is 29.1 Å². The highest BCUT2D eigenvalue weighted by Gasteiger charge is 2.50. The van der Waals surface area contributed by atoms with Crippen LogP contribution in [0.4, 0.5) is 14.5 Å². The highest BCUT2D eigenvalue weighted by Crippen LogP contribution is 2.46. The number of benzene rings is 3. The number of fused-ring (bicyclic) bond motifs is 4. The van der Waals surface area contributed by atoms with E-state index in [2.05, 4.69) is 22.4 Å². The van der Waals surface area contributed by atoms with Crippen molar-refractivity contribution in [2.45, 2.75) is 56.1 Å². The van der Waals surface area contributed by atoms with E-state index in [1.807, 2.05) is 36.4 Å². The normalized spacial score (nSPS) is 21.5. The summed E-state index contributed by atoms with van der Waals surface area (Å²) in [5.41, 5.74) is 3.85. The van der Waals surface area contributed by atoms with Gasteiger partial charge in [-0.2, -0.15) is 5.26 Å². The third-order valence-corrected chi connectivity index (χ3v) is 11.3. The van der Waals surface area contributed by atoms with Crippen molar-refractivity contribution >= 4 is 44.9 Å². The molecule has 10 heteroatoms. The second-order valence-electron chi connectivity index (χ2n) is 13.3. The number of likely N-dealkylation sites (tertiary alicyclic amines) is 1. The van der Waals surface area contributed by atoms with Crippen molar-refractivity contribution in [1.82, 2.24) is 14.8 Å². The number of carbonyl (C=O) groups excluding carboxylic acids is 1. The maximum atomic E-state index is 14.6. The van der Waals surface area contributed by atoms with Gasteiger partial charge in [0.15, 0.2) is 5.83 Å². The molecule has 0 spiro atoms. The van der Waals surface area contributed by atoms with E-state index in [1.165, 1.54) is 6.07 Å². The Kier molecular flexibility index (Phi) is 7.34. The van der Waals surface area contributed by atoms with Crippen LogP contribution in [-0.2, 0) is 11.2 Å². The molecule has 4 aliphatic heterocycles. The number of nitrogens with zero attached hydrogens (tertiary/aromatic N) is 5. The molecule has 0 bridgehead atoms. The fourth-order valence-corrected chi connectivity index (χ4v) is 8.89. The molecule has 47 heavy (non-hydrogen) atoms. The van der Waals surface area contributed by atoms with Crippen LogP contribution < -0.4 is 9.64 Å². The van der Waals surface area contributed by atoms with E-state index in [4.69, 9.17) is 21.3 Å². The molecule has 4 aromatic rings. The van der Waals surface area contributed by atoms with E-state index in [0.29, 0.717) is 42.9 Å². The van der Waals surface area contributed by atoms with E-state index < -0.39 is 17.6 Å². The van der Waals surface area contributed by atoms with Crippen LogP contribution in [0.1, 0.15) is 37.7 Å². The highest BCUT2D eigenvalue weighted by atomic mass is 35.5. The number of anilines is 1. The Morgan fingerprint density at radius 2 is 1.94 bits per heavy atom. The third kappa shape index (κ3) is 4.76. The van der Waals surface area contributed by atoms with Crippen molar-refractivity contribution in [3.05, 3.63) is 77.3 Å². The molecule has 4 aliphatic rings. The minimum atomic E-state index is -0.951. The minimum absolute atomic E-state index is 0.0186. The van der Waals surface area contributed by atoms with Gasteiger partial charge in [0.05, 0.1) is 51.9 Å². The lowest BCUT2D eigenvalue weighted by Gasteiger charge is -2.49. The Labute approximate surface area is 277 Å². The van der Waals surface area contributed by atoms with Crippen LogP contribution in [0.3, 0.4) is 0 Å². The lowest BCUT2D eigenvalue weighted by molar-refractivity contribution is -0.130. The lowest BCUT2D eigenvalue weighted by Crippen LogP contribution is -2.63. The first-order valence-corrected chi connectivity index (χ1v) is 16.7. The van der Waals surface area contributed by atoms with Crippen LogP contribution >= 0.6 is 11.6 Å². The molecule has 8 rings (SSSR count). The van der Waals surface area contributed by atoms with Crippen LogP contribution in [0.2, 0.25) is 5.02 Å². The van der Waals surface area contributed by atoms with Gasteiger partial charge < -0.3 is 14.5 Å². The number of hydrogen-bond donors (Lipinski definition) is 0. The standard InChI is InChI=1S/C37H34ClF2N5O2/c1-22(39)36(46)44-18-12-30-31(44)20-45(30)34-26-9-7-24(25-6-2-5-23-8-10-28(40)33(38)32(23)25)19-29(26)42-35(27(34)11-15-41)47-21-37-13-3-16-43(37)17-4-14-37/h2,5-10,19,30-31H,1,3-4,11-14,16-18,20-21H2/t30-,31-/m1/s1. The van der Waals surface area contributed by atoms with Crippen LogP contribution in [0.15, 0.2) is 60.9 Å². The maximum absolute atomic E-state index is 14.6. The number of ether oxygens (including phenoxy) is 1. The molecule has 2 atom stereocenters.